The Morgan fingerprint density at radius 1 is 1.08 bits per heavy atom. The fourth-order valence-corrected chi connectivity index (χ4v) is 2.25. The molecule has 1 aliphatic carbocycles. The Morgan fingerprint density at radius 2 is 2.08 bits per heavy atom. The van der Waals surface area contributed by atoms with Gasteiger partial charge in [-0.2, -0.15) is 0 Å². The molecule has 13 heavy (non-hydrogen) atoms. The topological polar surface area (TPSA) is 9.23 Å². The van der Waals surface area contributed by atoms with E-state index in [0.717, 1.165) is 18.8 Å². The van der Waals surface area contributed by atoms with Crippen molar-refractivity contribution in [3.63, 3.8) is 0 Å². The SMILES string of the molecule is C1=Cc2ccc3c(c2CC1)CCO3. The summed E-state index contributed by atoms with van der Waals surface area (Å²) in [5, 5.41) is 0. The van der Waals surface area contributed by atoms with Gasteiger partial charge in [0, 0.05) is 12.0 Å². The van der Waals surface area contributed by atoms with Crippen molar-refractivity contribution < 1.29 is 4.74 Å². The maximum Gasteiger partial charge on any atom is 0.122 e. The van der Waals surface area contributed by atoms with Crippen molar-refractivity contribution in [2.24, 2.45) is 0 Å². The second-order valence-electron chi connectivity index (χ2n) is 3.65. The molecule has 0 N–H and O–H groups in total. The number of benzene rings is 1. The Hall–Kier alpha value is -1.24. The average Bonchev–Trinajstić information content (AvgIpc) is 2.65. The van der Waals surface area contributed by atoms with Crippen LogP contribution in [-0.4, -0.2) is 6.61 Å². The third-order valence-corrected chi connectivity index (χ3v) is 2.89. The number of fused-ring (bicyclic) bond motifs is 3. The van der Waals surface area contributed by atoms with Crippen LogP contribution in [0.4, 0.5) is 0 Å². The van der Waals surface area contributed by atoms with Gasteiger partial charge in [0.05, 0.1) is 6.61 Å². The first kappa shape index (κ1) is 7.19. The molecule has 2 aliphatic rings. The number of rotatable bonds is 0. The smallest absolute Gasteiger partial charge is 0.122 e. The van der Waals surface area contributed by atoms with Gasteiger partial charge in [-0.1, -0.05) is 18.2 Å². The van der Waals surface area contributed by atoms with Crippen molar-refractivity contribution in [1.82, 2.24) is 0 Å². The molecule has 3 rings (SSSR count). The van der Waals surface area contributed by atoms with E-state index >= 15 is 0 Å². The van der Waals surface area contributed by atoms with Gasteiger partial charge >= 0.3 is 0 Å². The molecule has 0 amide bonds. The van der Waals surface area contributed by atoms with Gasteiger partial charge in [0.1, 0.15) is 5.75 Å². The highest BCUT2D eigenvalue weighted by Gasteiger charge is 2.18. The molecule has 1 heteroatoms. The molecule has 0 unspecified atom stereocenters. The number of hydrogen-bond donors (Lipinski definition) is 0. The zero-order valence-corrected chi connectivity index (χ0v) is 7.55. The first-order valence-electron chi connectivity index (χ1n) is 4.89. The van der Waals surface area contributed by atoms with Crippen LogP contribution in [0.25, 0.3) is 6.08 Å². The summed E-state index contributed by atoms with van der Waals surface area (Å²) < 4.78 is 5.54. The highest BCUT2D eigenvalue weighted by atomic mass is 16.5. The Kier molecular flexibility index (Phi) is 1.45. The third kappa shape index (κ3) is 0.998. The minimum absolute atomic E-state index is 0.871. The molecular weight excluding hydrogens is 160 g/mol. The molecule has 0 fully saturated rings. The van der Waals surface area contributed by atoms with Gasteiger partial charge in [-0.3, -0.25) is 0 Å². The van der Waals surface area contributed by atoms with Crippen molar-refractivity contribution in [3.8, 4) is 5.75 Å². The highest BCUT2D eigenvalue weighted by molar-refractivity contribution is 5.62. The van der Waals surface area contributed by atoms with E-state index in [-0.39, 0.29) is 0 Å². The van der Waals surface area contributed by atoms with E-state index in [2.05, 4.69) is 24.3 Å². The lowest BCUT2D eigenvalue weighted by Crippen LogP contribution is -1.98. The van der Waals surface area contributed by atoms with Crippen LogP contribution < -0.4 is 4.74 Å². The zero-order chi connectivity index (χ0) is 8.67. The van der Waals surface area contributed by atoms with E-state index in [1.54, 1.807) is 0 Å². The van der Waals surface area contributed by atoms with Crippen LogP contribution in [0.5, 0.6) is 5.75 Å². The third-order valence-electron chi connectivity index (χ3n) is 2.89. The van der Waals surface area contributed by atoms with Gasteiger partial charge in [-0.25, -0.2) is 0 Å². The van der Waals surface area contributed by atoms with Crippen LogP contribution in [0.15, 0.2) is 18.2 Å². The van der Waals surface area contributed by atoms with E-state index in [4.69, 9.17) is 4.74 Å². The van der Waals surface area contributed by atoms with Gasteiger partial charge < -0.3 is 4.74 Å². The van der Waals surface area contributed by atoms with Crippen LogP contribution >= 0.6 is 0 Å². The molecule has 1 heterocycles. The highest BCUT2D eigenvalue weighted by Crippen LogP contribution is 2.33. The van der Waals surface area contributed by atoms with Crippen molar-refractivity contribution in [2.75, 3.05) is 6.61 Å². The standard InChI is InChI=1S/C12H12O/c1-2-4-10-9(3-1)5-6-12-11(10)7-8-13-12/h1,3,5-6H,2,4,7-8H2. The van der Waals surface area contributed by atoms with Crippen molar-refractivity contribution in [3.05, 3.63) is 34.9 Å². The number of hydrogen-bond acceptors (Lipinski definition) is 1. The summed E-state index contributed by atoms with van der Waals surface area (Å²) in [5.74, 6) is 1.12. The average molecular weight is 172 g/mol. The van der Waals surface area contributed by atoms with Gasteiger partial charge in [0.2, 0.25) is 0 Å². The van der Waals surface area contributed by atoms with Gasteiger partial charge in [-0.15, -0.1) is 0 Å². The Bertz CT molecular complexity index is 377. The summed E-state index contributed by atoms with van der Waals surface area (Å²) in [4.78, 5) is 0. The predicted octanol–water partition coefficient (Wildman–Crippen LogP) is 2.58. The molecule has 1 aromatic carbocycles. The molecule has 1 aromatic rings. The largest absolute Gasteiger partial charge is 0.493 e. The van der Waals surface area contributed by atoms with Crippen molar-refractivity contribution >= 4 is 6.08 Å². The van der Waals surface area contributed by atoms with Crippen LogP contribution in [0.1, 0.15) is 23.1 Å². The first-order valence-corrected chi connectivity index (χ1v) is 4.89. The van der Waals surface area contributed by atoms with Gasteiger partial charge in [0.15, 0.2) is 0 Å². The maximum atomic E-state index is 5.54. The molecule has 0 radical (unpaired) electrons. The number of ether oxygens (including phenoxy) is 1. The van der Waals surface area contributed by atoms with E-state index in [1.165, 1.54) is 29.5 Å². The molecule has 0 spiro atoms. The summed E-state index contributed by atoms with van der Waals surface area (Å²) in [5.41, 5.74) is 4.38. The van der Waals surface area contributed by atoms with Crippen LogP contribution in [-0.2, 0) is 12.8 Å². The molecule has 1 aliphatic heterocycles. The quantitative estimate of drug-likeness (QED) is 0.584. The Labute approximate surface area is 78.0 Å². The van der Waals surface area contributed by atoms with Crippen molar-refractivity contribution in [1.29, 1.82) is 0 Å². The lowest BCUT2D eigenvalue weighted by molar-refractivity contribution is 0.357. The fourth-order valence-electron chi connectivity index (χ4n) is 2.25. The van der Waals surface area contributed by atoms with Crippen LogP contribution in [0.2, 0.25) is 0 Å². The predicted molar refractivity (Wildman–Crippen MR) is 53.0 cm³/mol. The molecule has 0 atom stereocenters. The molecule has 1 nitrogen and oxygen atoms in total. The van der Waals surface area contributed by atoms with E-state index < -0.39 is 0 Å². The van der Waals surface area contributed by atoms with Crippen LogP contribution in [0, 0.1) is 0 Å². The van der Waals surface area contributed by atoms with Gasteiger partial charge in [-0.05, 0) is 30.0 Å². The van der Waals surface area contributed by atoms with E-state index in [9.17, 15) is 0 Å². The van der Waals surface area contributed by atoms with E-state index in [1.807, 2.05) is 0 Å². The summed E-state index contributed by atoms with van der Waals surface area (Å²) in [6.07, 6.45) is 7.97. The van der Waals surface area contributed by atoms with Crippen LogP contribution in [0.3, 0.4) is 0 Å². The molecule has 66 valence electrons. The summed E-state index contributed by atoms with van der Waals surface area (Å²) in [6, 6.07) is 4.28. The number of allylic oxidation sites excluding steroid dienone is 1. The molecule has 0 bridgehead atoms. The summed E-state index contributed by atoms with van der Waals surface area (Å²) in [6.45, 7) is 0.871. The van der Waals surface area contributed by atoms with Crippen molar-refractivity contribution in [2.45, 2.75) is 19.3 Å². The molecule has 0 aromatic heterocycles. The molecule has 0 saturated heterocycles. The fraction of sp³-hybridized carbons (Fsp3) is 0.333. The zero-order valence-electron chi connectivity index (χ0n) is 7.55. The second-order valence-corrected chi connectivity index (χ2v) is 3.65. The molecule has 0 saturated carbocycles. The normalized spacial score (nSPS) is 17.8. The monoisotopic (exact) mass is 172 g/mol. The first-order chi connectivity index (χ1) is 6.45. The minimum Gasteiger partial charge on any atom is -0.493 e. The lowest BCUT2D eigenvalue weighted by atomic mass is 9.92. The lowest BCUT2D eigenvalue weighted by Gasteiger charge is -2.13. The van der Waals surface area contributed by atoms with E-state index in [0.29, 0.717) is 0 Å². The Morgan fingerprint density at radius 3 is 3.08 bits per heavy atom. The summed E-state index contributed by atoms with van der Waals surface area (Å²) >= 11 is 0. The summed E-state index contributed by atoms with van der Waals surface area (Å²) in [7, 11) is 0. The Balaban J connectivity index is 2.23. The minimum atomic E-state index is 0.871. The second kappa shape index (κ2) is 2.63. The van der Waals surface area contributed by atoms with Gasteiger partial charge in [0.25, 0.3) is 0 Å². The molecular formula is C12H12O. The maximum absolute atomic E-state index is 5.54.